The molecular formula is C16H17FN4O3. The molecule has 0 radical (unpaired) electrons. The SMILES string of the molecule is CC(C(=O)O)c1nc2c[n+]([O-])c3cccnc3c2n1CC(C)(C)F. The molecule has 24 heavy (non-hydrogen) atoms. The Morgan fingerprint density at radius 3 is 2.88 bits per heavy atom. The number of carboxylic acid groups (broad SMARTS) is 1. The van der Waals surface area contributed by atoms with Gasteiger partial charge in [0.1, 0.15) is 22.9 Å². The Labute approximate surface area is 137 Å². The van der Waals surface area contributed by atoms with Crippen LogP contribution in [0.4, 0.5) is 4.39 Å². The zero-order chi connectivity index (χ0) is 17.6. The van der Waals surface area contributed by atoms with E-state index in [1.807, 2.05) is 0 Å². The zero-order valence-electron chi connectivity index (χ0n) is 13.5. The van der Waals surface area contributed by atoms with E-state index >= 15 is 0 Å². The van der Waals surface area contributed by atoms with Crippen molar-refractivity contribution in [2.45, 2.75) is 38.9 Å². The number of fused-ring (bicyclic) bond motifs is 3. The highest BCUT2D eigenvalue weighted by atomic mass is 19.1. The minimum absolute atomic E-state index is 0.0923. The van der Waals surface area contributed by atoms with Crippen molar-refractivity contribution >= 4 is 28.0 Å². The van der Waals surface area contributed by atoms with Crippen LogP contribution in [0.1, 0.15) is 32.5 Å². The van der Waals surface area contributed by atoms with Crippen molar-refractivity contribution < 1.29 is 19.0 Å². The predicted octanol–water partition coefficient (Wildman–Crippen LogP) is 2.15. The first-order valence-corrected chi connectivity index (χ1v) is 7.48. The second kappa shape index (κ2) is 5.40. The number of aromatic nitrogens is 4. The van der Waals surface area contributed by atoms with Gasteiger partial charge in [-0.1, -0.05) is 0 Å². The molecular weight excluding hydrogens is 315 g/mol. The molecule has 0 saturated carbocycles. The molecule has 126 valence electrons. The molecule has 1 N–H and O–H groups in total. The second-order valence-electron chi connectivity index (χ2n) is 6.39. The van der Waals surface area contributed by atoms with Crippen molar-refractivity contribution in [2.75, 3.05) is 0 Å². The number of hydrogen-bond donors (Lipinski definition) is 1. The third-order valence-corrected chi connectivity index (χ3v) is 3.80. The van der Waals surface area contributed by atoms with Gasteiger partial charge in [0, 0.05) is 12.3 Å². The summed E-state index contributed by atoms with van der Waals surface area (Å²) in [6.07, 6.45) is 2.79. The van der Waals surface area contributed by atoms with Gasteiger partial charge in [0.25, 0.3) is 0 Å². The summed E-state index contributed by atoms with van der Waals surface area (Å²) in [5.74, 6) is -1.82. The number of halogens is 1. The van der Waals surface area contributed by atoms with Gasteiger partial charge in [-0.3, -0.25) is 4.79 Å². The average molecular weight is 332 g/mol. The number of hydrogen-bond acceptors (Lipinski definition) is 4. The van der Waals surface area contributed by atoms with Crippen molar-refractivity contribution in [3.05, 3.63) is 35.6 Å². The van der Waals surface area contributed by atoms with Gasteiger partial charge in [0.15, 0.2) is 11.0 Å². The van der Waals surface area contributed by atoms with Crippen LogP contribution < -0.4 is 4.73 Å². The summed E-state index contributed by atoms with van der Waals surface area (Å²) in [4.78, 5) is 19.9. The zero-order valence-corrected chi connectivity index (χ0v) is 13.5. The van der Waals surface area contributed by atoms with E-state index in [4.69, 9.17) is 0 Å². The van der Waals surface area contributed by atoms with E-state index in [-0.39, 0.29) is 12.4 Å². The molecule has 7 nitrogen and oxygen atoms in total. The van der Waals surface area contributed by atoms with Crippen LogP contribution in [0.15, 0.2) is 24.5 Å². The van der Waals surface area contributed by atoms with Gasteiger partial charge in [-0.15, -0.1) is 0 Å². The summed E-state index contributed by atoms with van der Waals surface area (Å²) in [5, 5.41) is 21.5. The third-order valence-electron chi connectivity index (χ3n) is 3.80. The van der Waals surface area contributed by atoms with E-state index in [0.717, 1.165) is 0 Å². The van der Waals surface area contributed by atoms with Crippen LogP contribution in [0.2, 0.25) is 0 Å². The van der Waals surface area contributed by atoms with Gasteiger partial charge in [0.05, 0.1) is 6.54 Å². The number of carboxylic acids is 1. The molecule has 0 aliphatic heterocycles. The lowest BCUT2D eigenvalue weighted by Gasteiger charge is -2.19. The second-order valence-corrected chi connectivity index (χ2v) is 6.39. The molecule has 0 fully saturated rings. The van der Waals surface area contributed by atoms with Crippen LogP contribution in [0.5, 0.6) is 0 Å². The summed E-state index contributed by atoms with van der Waals surface area (Å²) in [7, 11) is 0. The molecule has 3 aromatic rings. The van der Waals surface area contributed by atoms with Gasteiger partial charge in [-0.2, -0.15) is 4.73 Å². The van der Waals surface area contributed by atoms with E-state index in [0.29, 0.717) is 26.8 Å². The molecule has 1 atom stereocenters. The highest BCUT2D eigenvalue weighted by molar-refractivity contribution is 5.98. The molecule has 0 saturated heterocycles. The fraction of sp³-hybridized carbons (Fsp3) is 0.375. The largest absolute Gasteiger partial charge is 0.618 e. The first-order valence-electron chi connectivity index (χ1n) is 7.48. The molecule has 0 aliphatic rings. The topological polar surface area (TPSA) is 94.9 Å². The average Bonchev–Trinajstić information content (AvgIpc) is 2.83. The maximum atomic E-state index is 14.3. The maximum absolute atomic E-state index is 14.3. The molecule has 0 aliphatic carbocycles. The molecule has 8 heteroatoms. The molecule has 0 aromatic carbocycles. The van der Waals surface area contributed by atoms with Crippen LogP contribution >= 0.6 is 0 Å². The van der Waals surface area contributed by atoms with E-state index in [1.165, 1.54) is 37.7 Å². The van der Waals surface area contributed by atoms with Crippen LogP contribution in [0.25, 0.3) is 22.1 Å². The highest BCUT2D eigenvalue weighted by Gasteiger charge is 2.29. The molecule has 0 spiro atoms. The van der Waals surface area contributed by atoms with Crippen LogP contribution in [0.3, 0.4) is 0 Å². The fourth-order valence-electron chi connectivity index (χ4n) is 2.74. The van der Waals surface area contributed by atoms with Gasteiger partial charge in [0.2, 0.25) is 11.7 Å². The van der Waals surface area contributed by atoms with Crippen LogP contribution in [-0.4, -0.2) is 31.3 Å². The van der Waals surface area contributed by atoms with Crippen LogP contribution in [0, 0.1) is 5.21 Å². The Hall–Kier alpha value is -2.77. The van der Waals surface area contributed by atoms with Gasteiger partial charge >= 0.3 is 5.97 Å². The lowest BCUT2D eigenvalue weighted by atomic mass is 10.1. The molecule has 3 rings (SSSR count). The smallest absolute Gasteiger partial charge is 0.313 e. The summed E-state index contributed by atoms with van der Waals surface area (Å²) < 4.78 is 16.5. The quantitative estimate of drug-likeness (QED) is 0.583. The fourth-order valence-corrected chi connectivity index (χ4v) is 2.74. The number of imidazole rings is 1. The Kier molecular flexibility index (Phi) is 3.62. The van der Waals surface area contributed by atoms with Gasteiger partial charge in [-0.25, -0.2) is 14.4 Å². The number of aliphatic carboxylic acids is 1. The molecule has 0 amide bonds. The van der Waals surface area contributed by atoms with E-state index in [2.05, 4.69) is 9.97 Å². The summed E-state index contributed by atoms with van der Waals surface area (Å²) in [5.41, 5.74) is -0.150. The monoisotopic (exact) mass is 332 g/mol. The Morgan fingerprint density at radius 2 is 2.25 bits per heavy atom. The summed E-state index contributed by atoms with van der Waals surface area (Å²) in [6.45, 7) is 4.19. The third kappa shape index (κ3) is 2.64. The van der Waals surface area contributed by atoms with E-state index < -0.39 is 17.6 Å². The minimum Gasteiger partial charge on any atom is -0.618 e. The highest BCUT2D eigenvalue weighted by Crippen LogP contribution is 2.28. The molecule has 3 heterocycles. The predicted molar refractivity (Wildman–Crippen MR) is 85.2 cm³/mol. The summed E-state index contributed by atoms with van der Waals surface area (Å²) >= 11 is 0. The molecule has 1 unspecified atom stereocenters. The van der Waals surface area contributed by atoms with Crippen molar-refractivity contribution in [3.8, 4) is 0 Å². The standard InChI is InChI=1S/C16H17FN4O3/c1-9(15(22)23)14-19-10-7-21(24)11-5-4-6-18-12(11)13(10)20(14)8-16(2,3)17/h4-7,9H,8H2,1-3H3,(H,22,23). The first kappa shape index (κ1) is 16.1. The Balaban J connectivity index is 2.42. The number of alkyl halides is 1. The Bertz CT molecular complexity index is 946. The first-order chi connectivity index (χ1) is 11.2. The molecule has 3 aromatic heterocycles. The van der Waals surface area contributed by atoms with Crippen molar-refractivity contribution in [2.24, 2.45) is 0 Å². The van der Waals surface area contributed by atoms with Gasteiger partial charge in [-0.05, 0) is 26.8 Å². The van der Waals surface area contributed by atoms with Crippen molar-refractivity contribution in [1.82, 2.24) is 14.5 Å². The molecule has 0 bridgehead atoms. The number of carbonyl (C=O) groups is 1. The lowest BCUT2D eigenvalue weighted by Crippen LogP contribution is -2.27. The lowest BCUT2D eigenvalue weighted by molar-refractivity contribution is -0.575. The minimum atomic E-state index is -1.59. The van der Waals surface area contributed by atoms with Crippen LogP contribution in [-0.2, 0) is 11.3 Å². The number of rotatable bonds is 4. The maximum Gasteiger partial charge on any atom is 0.313 e. The number of nitrogens with zero attached hydrogens (tertiary/aromatic N) is 4. The van der Waals surface area contributed by atoms with E-state index in [1.54, 1.807) is 12.1 Å². The van der Waals surface area contributed by atoms with Crippen molar-refractivity contribution in [1.29, 1.82) is 0 Å². The normalized spacial score (nSPS) is 13.5. The summed E-state index contributed by atoms with van der Waals surface area (Å²) in [6, 6.07) is 3.23. The van der Waals surface area contributed by atoms with E-state index in [9.17, 15) is 19.5 Å². The Morgan fingerprint density at radius 1 is 1.54 bits per heavy atom. The van der Waals surface area contributed by atoms with Crippen molar-refractivity contribution in [3.63, 3.8) is 0 Å². The van der Waals surface area contributed by atoms with Gasteiger partial charge < -0.3 is 14.9 Å². The number of pyridine rings is 2.